The molecule has 1 aliphatic heterocycles. The molecule has 1 fully saturated rings. The van der Waals surface area contributed by atoms with Gasteiger partial charge in [-0.1, -0.05) is 23.4 Å². The van der Waals surface area contributed by atoms with Crippen LogP contribution in [0.3, 0.4) is 0 Å². The first-order chi connectivity index (χ1) is 15.8. The highest BCUT2D eigenvalue weighted by molar-refractivity contribution is 6.10. The summed E-state index contributed by atoms with van der Waals surface area (Å²) in [4.78, 5) is 46.5. The minimum absolute atomic E-state index is 0.0297. The van der Waals surface area contributed by atoms with Crippen molar-refractivity contribution >= 4 is 17.7 Å². The van der Waals surface area contributed by atoms with E-state index in [4.69, 9.17) is 4.52 Å². The fraction of sp³-hybridized carbons (Fsp3) is 0.292. The number of likely N-dealkylation sites (tertiary alicyclic amines) is 1. The molecule has 170 valence electrons. The third kappa shape index (κ3) is 4.26. The third-order valence-electron chi connectivity index (χ3n) is 6.16. The molecule has 3 amide bonds. The minimum Gasteiger partial charge on any atom is -0.364 e. The number of nitrogens with zero attached hydrogens (tertiary/aromatic N) is 4. The highest BCUT2D eigenvalue weighted by atomic mass is 19.1. The molecule has 0 saturated carbocycles. The number of pyridine rings is 1. The number of halogens is 1. The van der Waals surface area contributed by atoms with Crippen LogP contribution in [-0.4, -0.2) is 44.7 Å². The van der Waals surface area contributed by atoms with E-state index >= 15 is 0 Å². The van der Waals surface area contributed by atoms with Crippen LogP contribution in [0.15, 0.2) is 65.6 Å². The number of aromatic nitrogens is 2. The number of benzene rings is 1. The summed E-state index contributed by atoms with van der Waals surface area (Å²) in [6.45, 7) is 1.81. The minimum atomic E-state index is -1.50. The maximum Gasteiger partial charge on any atom is 0.241 e. The first-order valence-corrected chi connectivity index (χ1v) is 10.5. The van der Waals surface area contributed by atoms with E-state index in [-0.39, 0.29) is 25.3 Å². The van der Waals surface area contributed by atoms with Gasteiger partial charge in [-0.2, -0.15) is 0 Å². The Bertz CT molecular complexity index is 1170. The molecule has 0 radical (unpaired) electrons. The van der Waals surface area contributed by atoms with Crippen molar-refractivity contribution in [2.45, 2.75) is 37.8 Å². The lowest BCUT2D eigenvalue weighted by Gasteiger charge is -2.31. The van der Waals surface area contributed by atoms with Gasteiger partial charge in [0.15, 0.2) is 0 Å². The summed E-state index contributed by atoms with van der Waals surface area (Å²) in [5.74, 6) is -1.88. The third-order valence-corrected chi connectivity index (χ3v) is 6.16. The largest absolute Gasteiger partial charge is 0.364 e. The Labute approximate surface area is 190 Å². The van der Waals surface area contributed by atoms with Crippen molar-refractivity contribution in [1.82, 2.24) is 19.9 Å². The zero-order valence-electron chi connectivity index (χ0n) is 18.3. The lowest BCUT2D eigenvalue weighted by molar-refractivity contribution is -0.143. The molecule has 1 aromatic carbocycles. The van der Waals surface area contributed by atoms with E-state index in [1.54, 1.807) is 50.6 Å². The second-order valence-electron chi connectivity index (χ2n) is 8.20. The molecule has 9 heteroatoms. The topological polar surface area (TPSA) is 96.6 Å². The molecular formula is C24H23FN4O4. The molecule has 8 nitrogen and oxygen atoms in total. The number of amides is 3. The monoisotopic (exact) mass is 450 g/mol. The molecule has 3 heterocycles. The van der Waals surface area contributed by atoms with Crippen LogP contribution in [0.25, 0.3) is 0 Å². The Balaban J connectivity index is 1.67. The van der Waals surface area contributed by atoms with E-state index in [0.29, 0.717) is 16.8 Å². The molecule has 1 saturated heterocycles. The van der Waals surface area contributed by atoms with Gasteiger partial charge in [-0.25, -0.2) is 4.39 Å². The Morgan fingerprint density at radius 1 is 1.27 bits per heavy atom. The lowest BCUT2D eigenvalue weighted by Crippen LogP contribution is -2.43. The van der Waals surface area contributed by atoms with Crippen molar-refractivity contribution < 1.29 is 23.3 Å². The van der Waals surface area contributed by atoms with Crippen molar-refractivity contribution in [3.05, 3.63) is 83.8 Å². The van der Waals surface area contributed by atoms with Gasteiger partial charge in [-0.05, 0) is 36.2 Å². The molecule has 2 aromatic heterocycles. The van der Waals surface area contributed by atoms with Crippen LogP contribution in [0, 0.1) is 5.82 Å². The van der Waals surface area contributed by atoms with Gasteiger partial charge in [0.2, 0.25) is 17.7 Å². The Hall–Kier alpha value is -3.88. The maximum atomic E-state index is 14.1. The molecule has 0 bridgehead atoms. The first-order valence-electron chi connectivity index (χ1n) is 10.5. The van der Waals surface area contributed by atoms with Crippen LogP contribution < -0.4 is 0 Å². The van der Waals surface area contributed by atoms with Gasteiger partial charge in [0.25, 0.3) is 0 Å². The number of hydrogen-bond acceptors (Lipinski definition) is 6. The Morgan fingerprint density at radius 2 is 2.09 bits per heavy atom. The van der Waals surface area contributed by atoms with E-state index < -0.39 is 29.1 Å². The van der Waals surface area contributed by atoms with Crippen LogP contribution in [-0.2, 0) is 26.3 Å². The molecule has 1 aliphatic rings. The van der Waals surface area contributed by atoms with Gasteiger partial charge in [0.05, 0.1) is 18.0 Å². The summed E-state index contributed by atoms with van der Waals surface area (Å²) in [5, 5.41) is 3.87. The zero-order chi connectivity index (χ0) is 23.6. The number of imide groups is 1. The smallest absolute Gasteiger partial charge is 0.241 e. The molecule has 33 heavy (non-hydrogen) atoms. The second kappa shape index (κ2) is 8.93. The molecule has 0 aliphatic carbocycles. The average molecular weight is 450 g/mol. The summed E-state index contributed by atoms with van der Waals surface area (Å²) in [6.07, 6.45) is 4.06. The molecule has 3 aromatic rings. The summed E-state index contributed by atoms with van der Waals surface area (Å²) < 4.78 is 19.0. The van der Waals surface area contributed by atoms with Crippen LogP contribution in [0.4, 0.5) is 4.39 Å². The van der Waals surface area contributed by atoms with Crippen molar-refractivity contribution in [3.8, 4) is 0 Å². The Kier molecular flexibility index (Phi) is 6.04. The van der Waals surface area contributed by atoms with Crippen molar-refractivity contribution in [2.24, 2.45) is 0 Å². The van der Waals surface area contributed by atoms with Crippen molar-refractivity contribution in [2.75, 3.05) is 7.05 Å². The predicted molar refractivity (Wildman–Crippen MR) is 115 cm³/mol. The van der Waals surface area contributed by atoms with Gasteiger partial charge in [-0.3, -0.25) is 24.3 Å². The average Bonchev–Trinajstić information content (AvgIpc) is 3.43. The molecule has 4 rings (SSSR count). The first kappa shape index (κ1) is 22.3. The van der Waals surface area contributed by atoms with Gasteiger partial charge in [0.1, 0.15) is 17.8 Å². The number of hydrogen-bond donors (Lipinski definition) is 0. The van der Waals surface area contributed by atoms with Gasteiger partial charge >= 0.3 is 0 Å². The summed E-state index contributed by atoms with van der Waals surface area (Å²) in [6, 6.07) is 10.2. The number of carbonyl (C=O) groups excluding carboxylic acids is 3. The lowest BCUT2D eigenvalue weighted by atomic mass is 9.75. The standard InChI is InChI=1S/C24H23FN4O4/c1-16(20-8-10-33-27-20)28(2)21(30)12-24(18-6-3-7-19(25)11-18)13-22(31)29(23(24)32)15-17-5-4-9-26-14-17/h3-11,14,16H,12-13,15H2,1-2H3/t16-,24-/m1/s1. The van der Waals surface area contributed by atoms with Crippen LogP contribution in [0.2, 0.25) is 0 Å². The van der Waals surface area contributed by atoms with Crippen LogP contribution in [0.1, 0.15) is 42.6 Å². The highest BCUT2D eigenvalue weighted by Crippen LogP contribution is 2.41. The number of carbonyl (C=O) groups is 3. The van der Waals surface area contributed by atoms with E-state index in [0.717, 1.165) is 4.90 Å². The summed E-state index contributed by atoms with van der Waals surface area (Å²) in [5.41, 5.74) is 0.0245. The van der Waals surface area contributed by atoms with Crippen LogP contribution >= 0.6 is 0 Å². The van der Waals surface area contributed by atoms with E-state index in [1.165, 1.54) is 29.4 Å². The second-order valence-corrected chi connectivity index (χ2v) is 8.20. The van der Waals surface area contributed by atoms with Gasteiger partial charge < -0.3 is 9.42 Å². The van der Waals surface area contributed by atoms with Crippen molar-refractivity contribution in [3.63, 3.8) is 0 Å². The maximum absolute atomic E-state index is 14.1. The van der Waals surface area contributed by atoms with E-state index in [1.807, 2.05) is 0 Å². The van der Waals surface area contributed by atoms with Crippen LogP contribution in [0.5, 0.6) is 0 Å². The quantitative estimate of drug-likeness (QED) is 0.514. The Morgan fingerprint density at radius 3 is 2.76 bits per heavy atom. The fourth-order valence-corrected chi connectivity index (χ4v) is 4.12. The molecule has 2 atom stereocenters. The summed E-state index contributed by atoms with van der Waals surface area (Å²) in [7, 11) is 1.59. The molecular weight excluding hydrogens is 427 g/mol. The van der Waals surface area contributed by atoms with E-state index in [9.17, 15) is 18.8 Å². The van der Waals surface area contributed by atoms with Gasteiger partial charge in [0, 0.05) is 38.3 Å². The fourth-order valence-electron chi connectivity index (χ4n) is 4.12. The molecule has 0 N–H and O–H groups in total. The summed E-state index contributed by atoms with van der Waals surface area (Å²) >= 11 is 0. The predicted octanol–water partition coefficient (Wildman–Crippen LogP) is 3.02. The van der Waals surface area contributed by atoms with E-state index in [2.05, 4.69) is 10.1 Å². The SMILES string of the molecule is C[C@H](c1ccon1)N(C)C(=O)C[C@]1(c2cccc(F)c2)CC(=O)N(Cc2cccnc2)C1=O. The van der Waals surface area contributed by atoms with Gasteiger partial charge in [-0.15, -0.1) is 0 Å². The van der Waals surface area contributed by atoms with Crippen molar-refractivity contribution in [1.29, 1.82) is 0 Å². The highest BCUT2D eigenvalue weighted by Gasteiger charge is 2.54. The molecule has 0 unspecified atom stereocenters. The zero-order valence-corrected chi connectivity index (χ0v) is 18.3. The molecule has 0 spiro atoms. The normalized spacial score (nSPS) is 19.1. The number of rotatable bonds is 7.